The molecule has 0 radical (unpaired) electrons. The molecule has 26 heavy (non-hydrogen) atoms. The van der Waals surface area contributed by atoms with Crippen molar-refractivity contribution in [2.75, 3.05) is 19.1 Å². The number of rotatable bonds is 4. The number of anilines is 1. The van der Waals surface area contributed by atoms with Crippen molar-refractivity contribution < 1.29 is 14.3 Å². The van der Waals surface area contributed by atoms with Gasteiger partial charge in [0.1, 0.15) is 11.5 Å². The monoisotopic (exact) mass is 385 g/mol. The van der Waals surface area contributed by atoms with Gasteiger partial charge in [-0.3, -0.25) is 9.69 Å². The van der Waals surface area contributed by atoms with Crippen LogP contribution in [-0.4, -0.2) is 24.4 Å². The molecule has 0 spiro atoms. The lowest BCUT2D eigenvalue weighted by Gasteiger charge is -2.18. The van der Waals surface area contributed by atoms with Crippen molar-refractivity contribution >= 4 is 46.0 Å². The first kappa shape index (κ1) is 18.5. The summed E-state index contributed by atoms with van der Waals surface area (Å²) in [6, 6.07) is 11.4. The van der Waals surface area contributed by atoms with Crippen LogP contribution in [0.1, 0.15) is 16.7 Å². The molecule has 1 saturated heterocycles. The van der Waals surface area contributed by atoms with Gasteiger partial charge in [0.05, 0.1) is 24.8 Å². The highest BCUT2D eigenvalue weighted by Gasteiger charge is 2.34. The molecule has 1 fully saturated rings. The van der Waals surface area contributed by atoms with E-state index in [0.717, 1.165) is 22.4 Å². The zero-order valence-corrected chi connectivity index (χ0v) is 16.7. The van der Waals surface area contributed by atoms with Gasteiger partial charge in [0, 0.05) is 11.6 Å². The number of carbonyl (C=O) groups excluding carboxylic acids is 1. The Morgan fingerprint density at radius 2 is 1.88 bits per heavy atom. The van der Waals surface area contributed by atoms with Crippen LogP contribution in [0.5, 0.6) is 11.5 Å². The topological polar surface area (TPSA) is 38.8 Å². The molecular weight excluding hydrogens is 366 g/mol. The second kappa shape index (κ2) is 7.51. The summed E-state index contributed by atoms with van der Waals surface area (Å²) in [6.45, 7) is 4.02. The predicted molar refractivity (Wildman–Crippen MR) is 111 cm³/mol. The van der Waals surface area contributed by atoms with Gasteiger partial charge in [0.2, 0.25) is 0 Å². The van der Waals surface area contributed by atoms with E-state index in [1.807, 2.05) is 50.3 Å². The number of hydrogen-bond donors (Lipinski definition) is 0. The fourth-order valence-electron chi connectivity index (χ4n) is 2.73. The van der Waals surface area contributed by atoms with Crippen LogP contribution in [0.2, 0.25) is 0 Å². The number of thioether (sulfide) groups is 1. The van der Waals surface area contributed by atoms with Crippen LogP contribution >= 0.6 is 24.0 Å². The first-order chi connectivity index (χ1) is 12.5. The first-order valence-corrected chi connectivity index (χ1v) is 9.25. The van der Waals surface area contributed by atoms with E-state index in [9.17, 15) is 4.79 Å². The van der Waals surface area contributed by atoms with E-state index in [1.165, 1.54) is 11.8 Å². The third kappa shape index (κ3) is 3.34. The van der Waals surface area contributed by atoms with Gasteiger partial charge in [-0.25, -0.2) is 0 Å². The minimum absolute atomic E-state index is 0.119. The number of ether oxygens (including phenoxy) is 2. The van der Waals surface area contributed by atoms with Crippen LogP contribution in [0.3, 0.4) is 0 Å². The molecular formula is C20H19NO3S2. The molecule has 0 aliphatic carbocycles. The Morgan fingerprint density at radius 1 is 1.12 bits per heavy atom. The Kier molecular flexibility index (Phi) is 5.34. The molecule has 0 aromatic heterocycles. The highest BCUT2D eigenvalue weighted by atomic mass is 32.2. The average Bonchev–Trinajstić information content (AvgIpc) is 2.91. The fraction of sp³-hybridized carbons (Fsp3) is 0.200. The predicted octanol–water partition coefficient (Wildman–Crippen LogP) is 4.73. The highest BCUT2D eigenvalue weighted by molar-refractivity contribution is 8.27. The van der Waals surface area contributed by atoms with E-state index in [4.69, 9.17) is 21.7 Å². The van der Waals surface area contributed by atoms with Gasteiger partial charge in [-0.1, -0.05) is 36.1 Å². The van der Waals surface area contributed by atoms with E-state index >= 15 is 0 Å². The number of amides is 1. The lowest BCUT2D eigenvalue weighted by molar-refractivity contribution is -0.113. The minimum atomic E-state index is -0.119. The van der Waals surface area contributed by atoms with E-state index in [1.54, 1.807) is 25.2 Å². The number of methoxy groups -OCH3 is 2. The Hall–Kier alpha value is -2.31. The summed E-state index contributed by atoms with van der Waals surface area (Å²) in [5.41, 5.74) is 3.80. The second-order valence-electron chi connectivity index (χ2n) is 5.84. The van der Waals surface area contributed by atoms with Gasteiger partial charge < -0.3 is 9.47 Å². The van der Waals surface area contributed by atoms with Crippen molar-refractivity contribution in [1.82, 2.24) is 0 Å². The Labute approximate surface area is 162 Å². The number of thiocarbonyl (C=S) groups is 1. The lowest BCUT2D eigenvalue weighted by Crippen LogP contribution is -2.28. The summed E-state index contributed by atoms with van der Waals surface area (Å²) in [6.07, 6.45) is 1.81. The number of nitrogens with zero attached hydrogens (tertiary/aromatic N) is 1. The van der Waals surface area contributed by atoms with Crippen molar-refractivity contribution in [2.45, 2.75) is 13.8 Å². The van der Waals surface area contributed by atoms with Crippen molar-refractivity contribution in [3.8, 4) is 11.5 Å². The van der Waals surface area contributed by atoms with Gasteiger partial charge in [0.25, 0.3) is 5.91 Å². The number of carbonyl (C=O) groups is 1. The zero-order chi connectivity index (χ0) is 18.8. The van der Waals surface area contributed by atoms with Gasteiger partial charge in [-0.2, -0.15) is 0 Å². The highest BCUT2D eigenvalue weighted by Crippen LogP contribution is 2.39. The molecule has 4 nitrogen and oxygen atoms in total. The maximum absolute atomic E-state index is 13.0. The number of benzene rings is 2. The molecule has 3 rings (SSSR count). The summed E-state index contributed by atoms with van der Waals surface area (Å²) in [7, 11) is 3.19. The van der Waals surface area contributed by atoms with Crippen molar-refractivity contribution in [1.29, 1.82) is 0 Å². The normalized spacial score (nSPS) is 15.7. The summed E-state index contributed by atoms with van der Waals surface area (Å²) in [4.78, 5) is 15.2. The molecule has 0 unspecified atom stereocenters. The van der Waals surface area contributed by atoms with Crippen LogP contribution in [0.25, 0.3) is 6.08 Å². The molecule has 134 valence electrons. The van der Waals surface area contributed by atoms with Crippen LogP contribution in [0.15, 0.2) is 41.3 Å². The molecule has 1 amide bonds. The van der Waals surface area contributed by atoms with Crippen LogP contribution in [-0.2, 0) is 4.79 Å². The Balaban J connectivity index is 1.99. The lowest BCUT2D eigenvalue weighted by atomic mass is 10.1. The Bertz CT molecular complexity index is 921. The SMILES string of the molecule is COc1ccc(/C=C2\SC(=S)N(c3cccc(C)c3C)C2=O)c(OC)c1. The second-order valence-corrected chi connectivity index (χ2v) is 7.52. The van der Waals surface area contributed by atoms with Gasteiger partial charge in [-0.15, -0.1) is 0 Å². The molecule has 6 heteroatoms. The standard InChI is InChI=1S/C20H19NO3S2/c1-12-6-5-7-16(13(12)2)21-19(22)18(26-20(21)25)10-14-8-9-15(23-3)11-17(14)24-4/h5-11H,1-4H3/b18-10-. The third-order valence-electron chi connectivity index (χ3n) is 4.34. The van der Waals surface area contributed by atoms with Gasteiger partial charge in [-0.05, 0) is 49.2 Å². The van der Waals surface area contributed by atoms with Gasteiger partial charge >= 0.3 is 0 Å². The molecule has 1 heterocycles. The van der Waals surface area contributed by atoms with Crippen LogP contribution in [0.4, 0.5) is 5.69 Å². The molecule has 1 aliphatic rings. The molecule has 0 atom stereocenters. The molecule has 1 aliphatic heterocycles. The van der Waals surface area contributed by atoms with E-state index < -0.39 is 0 Å². The van der Waals surface area contributed by atoms with Gasteiger partial charge in [0.15, 0.2) is 4.32 Å². The zero-order valence-electron chi connectivity index (χ0n) is 15.0. The summed E-state index contributed by atoms with van der Waals surface area (Å²) >= 11 is 6.77. The molecule has 0 saturated carbocycles. The maximum Gasteiger partial charge on any atom is 0.270 e. The first-order valence-electron chi connectivity index (χ1n) is 8.02. The molecule has 2 aromatic carbocycles. The van der Waals surface area contributed by atoms with Crippen molar-refractivity contribution in [3.63, 3.8) is 0 Å². The molecule has 2 aromatic rings. The molecule has 0 N–H and O–H groups in total. The number of aryl methyl sites for hydroxylation is 1. The van der Waals surface area contributed by atoms with E-state index in [2.05, 4.69) is 0 Å². The summed E-state index contributed by atoms with van der Waals surface area (Å²) in [5.74, 6) is 1.22. The van der Waals surface area contributed by atoms with E-state index in [0.29, 0.717) is 20.7 Å². The minimum Gasteiger partial charge on any atom is -0.497 e. The number of hydrogen-bond acceptors (Lipinski definition) is 5. The fourth-order valence-corrected chi connectivity index (χ4v) is 4.01. The largest absolute Gasteiger partial charge is 0.497 e. The van der Waals surface area contributed by atoms with E-state index in [-0.39, 0.29) is 5.91 Å². The average molecular weight is 386 g/mol. The maximum atomic E-state index is 13.0. The third-order valence-corrected chi connectivity index (χ3v) is 5.64. The smallest absolute Gasteiger partial charge is 0.270 e. The van der Waals surface area contributed by atoms with Crippen LogP contribution < -0.4 is 14.4 Å². The summed E-state index contributed by atoms with van der Waals surface area (Å²) < 4.78 is 11.2. The molecule has 0 bridgehead atoms. The van der Waals surface area contributed by atoms with Crippen LogP contribution in [0, 0.1) is 13.8 Å². The van der Waals surface area contributed by atoms with Crippen molar-refractivity contribution in [3.05, 3.63) is 58.0 Å². The Morgan fingerprint density at radius 3 is 2.58 bits per heavy atom. The van der Waals surface area contributed by atoms with Crippen molar-refractivity contribution in [2.24, 2.45) is 0 Å². The summed E-state index contributed by atoms with van der Waals surface area (Å²) in [5, 5.41) is 0. The quantitative estimate of drug-likeness (QED) is 0.562.